The van der Waals surface area contributed by atoms with Crippen LogP contribution in [0.4, 0.5) is 0 Å². The van der Waals surface area contributed by atoms with Gasteiger partial charge in [-0.25, -0.2) is 0 Å². The molecule has 3 rings (SSSR count). The van der Waals surface area contributed by atoms with Crippen LogP contribution in [-0.4, -0.2) is 55.6 Å². The second kappa shape index (κ2) is 5.77. The number of carbonyl (C=O) groups is 1. The maximum atomic E-state index is 11.6. The van der Waals surface area contributed by atoms with E-state index in [0.717, 1.165) is 26.1 Å². The molecule has 0 bridgehead atoms. The van der Waals surface area contributed by atoms with E-state index in [4.69, 9.17) is 9.57 Å². The van der Waals surface area contributed by atoms with Crippen molar-refractivity contribution in [3.8, 4) is 0 Å². The van der Waals surface area contributed by atoms with Crippen LogP contribution in [0.15, 0.2) is 5.16 Å². The molecule has 19 heavy (non-hydrogen) atoms. The predicted molar refractivity (Wildman–Crippen MR) is 69.7 cm³/mol. The quantitative estimate of drug-likeness (QED) is 0.801. The van der Waals surface area contributed by atoms with Gasteiger partial charge in [-0.05, 0) is 32.4 Å². The lowest BCUT2D eigenvalue weighted by Gasteiger charge is -2.32. The zero-order chi connectivity index (χ0) is 13.1. The number of nitrogens with zero attached hydrogens (tertiary/aromatic N) is 2. The Balaban J connectivity index is 1.54. The van der Waals surface area contributed by atoms with E-state index in [0.29, 0.717) is 19.0 Å². The highest BCUT2D eigenvalue weighted by Gasteiger charge is 2.35. The molecule has 2 fully saturated rings. The Labute approximate surface area is 113 Å². The van der Waals surface area contributed by atoms with Crippen molar-refractivity contribution >= 4 is 11.8 Å². The van der Waals surface area contributed by atoms with E-state index in [1.807, 2.05) is 0 Å². The van der Waals surface area contributed by atoms with Gasteiger partial charge in [0.2, 0.25) is 11.8 Å². The summed E-state index contributed by atoms with van der Waals surface area (Å²) in [5.74, 6) is 0.202. The minimum atomic E-state index is -0.260. The van der Waals surface area contributed by atoms with Gasteiger partial charge < -0.3 is 14.9 Å². The Morgan fingerprint density at radius 3 is 2.89 bits per heavy atom. The molecule has 2 atom stereocenters. The fourth-order valence-corrected chi connectivity index (χ4v) is 2.91. The Bertz CT molecular complexity index is 366. The topological polar surface area (TPSA) is 63.2 Å². The number of nitrogens with one attached hydrogen (secondary N) is 1. The molecule has 0 aliphatic carbocycles. The van der Waals surface area contributed by atoms with Crippen LogP contribution in [0.5, 0.6) is 0 Å². The number of rotatable bonds is 3. The van der Waals surface area contributed by atoms with Crippen LogP contribution in [0.25, 0.3) is 0 Å². The minimum absolute atomic E-state index is 0.000900. The third kappa shape index (κ3) is 3.00. The third-order valence-corrected chi connectivity index (χ3v) is 3.96. The fourth-order valence-electron chi connectivity index (χ4n) is 2.91. The van der Waals surface area contributed by atoms with Gasteiger partial charge in [0.25, 0.3) is 0 Å². The van der Waals surface area contributed by atoms with Crippen molar-refractivity contribution in [1.29, 1.82) is 0 Å². The molecule has 1 N–H and O–H groups in total. The number of ether oxygens (including phenoxy) is 1. The summed E-state index contributed by atoms with van der Waals surface area (Å²) in [4.78, 5) is 19.3. The van der Waals surface area contributed by atoms with Crippen LogP contribution >= 0.6 is 0 Å². The summed E-state index contributed by atoms with van der Waals surface area (Å²) in [5, 5.41) is 6.72. The first-order chi connectivity index (χ1) is 9.33. The van der Waals surface area contributed by atoms with E-state index in [-0.39, 0.29) is 17.9 Å². The van der Waals surface area contributed by atoms with E-state index >= 15 is 0 Å². The van der Waals surface area contributed by atoms with Gasteiger partial charge in [0.15, 0.2) is 6.61 Å². The Morgan fingerprint density at radius 1 is 1.32 bits per heavy atom. The summed E-state index contributed by atoms with van der Waals surface area (Å²) < 4.78 is 5.87. The molecular formula is C13H21N3O3. The number of piperidine rings is 1. The molecule has 3 heterocycles. The Kier molecular flexibility index (Phi) is 3.87. The maximum Gasteiger partial charge on any atom is 0.238 e. The largest absolute Gasteiger partial charge is 0.470 e. The van der Waals surface area contributed by atoms with Crippen LogP contribution in [-0.2, 0) is 14.4 Å². The van der Waals surface area contributed by atoms with Crippen LogP contribution in [0.2, 0.25) is 0 Å². The fraction of sp³-hybridized carbons (Fsp3) is 0.846. The molecular weight excluding hydrogens is 246 g/mol. The molecule has 2 unspecified atom stereocenters. The van der Waals surface area contributed by atoms with Crippen LogP contribution < -0.4 is 5.32 Å². The number of oxime groups is 1. The monoisotopic (exact) mass is 267 g/mol. The van der Waals surface area contributed by atoms with E-state index in [1.54, 1.807) is 0 Å². The minimum Gasteiger partial charge on any atom is -0.470 e. The second-order valence-electron chi connectivity index (χ2n) is 5.46. The molecule has 0 aromatic heterocycles. The van der Waals surface area contributed by atoms with E-state index < -0.39 is 0 Å². The number of likely N-dealkylation sites (tertiary alicyclic amines) is 1. The highest BCUT2D eigenvalue weighted by Crippen LogP contribution is 2.18. The van der Waals surface area contributed by atoms with E-state index in [9.17, 15) is 4.79 Å². The van der Waals surface area contributed by atoms with Crippen LogP contribution in [0.3, 0.4) is 0 Å². The van der Waals surface area contributed by atoms with E-state index in [2.05, 4.69) is 15.4 Å². The van der Waals surface area contributed by atoms with Gasteiger partial charge in [-0.15, -0.1) is 0 Å². The van der Waals surface area contributed by atoms with Gasteiger partial charge >= 0.3 is 0 Å². The molecule has 0 spiro atoms. The lowest BCUT2D eigenvalue weighted by Crippen LogP contribution is -2.43. The van der Waals surface area contributed by atoms with Crippen molar-refractivity contribution in [1.82, 2.24) is 10.2 Å². The number of carbonyl (C=O) groups excluding carboxylic acids is 1. The first-order valence-corrected chi connectivity index (χ1v) is 7.19. The highest BCUT2D eigenvalue weighted by atomic mass is 16.7. The molecule has 0 aromatic carbocycles. The van der Waals surface area contributed by atoms with Crippen LogP contribution in [0.1, 0.15) is 25.7 Å². The van der Waals surface area contributed by atoms with Crippen molar-refractivity contribution in [3.63, 3.8) is 0 Å². The first kappa shape index (κ1) is 12.7. The zero-order valence-electron chi connectivity index (χ0n) is 11.1. The van der Waals surface area contributed by atoms with Gasteiger partial charge in [0.1, 0.15) is 12.0 Å². The van der Waals surface area contributed by atoms with E-state index in [1.165, 1.54) is 19.3 Å². The molecule has 3 aliphatic heterocycles. The number of hydrogen-bond donors (Lipinski definition) is 1. The number of amides is 1. The molecule has 0 radical (unpaired) electrons. The van der Waals surface area contributed by atoms with Gasteiger partial charge in [-0.2, -0.15) is 0 Å². The molecule has 6 nitrogen and oxygen atoms in total. The normalized spacial score (nSPS) is 32.2. The Hall–Kier alpha value is -1.30. The average molecular weight is 267 g/mol. The second-order valence-corrected chi connectivity index (χ2v) is 5.46. The number of hydrogen-bond acceptors (Lipinski definition) is 5. The van der Waals surface area contributed by atoms with Crippen molar-refractivity contribution < 1.29 is 14.4 Å². The van der Waals surface area contributed by atoms with Gasteiger partial charge in [-0.1, -0.05) is 11.6 Å². The zero-order valence-corrected chi connectivity index (χ0v) is 11.1. The summed E-state index contributed by atoms with van der Waals surface area (Å²) in [7, 11) is 0. The van der Waals surface area contributed by atoms with Crippen LogP contribution in [0, 0.1) is 5.92 Å². The Morgan fingerprint density at radius 2 is 2.16 bits per heavy atom. The van der Waals surface area contributed by atoms with Gasteiger partial charge in [-0.3, -0.25) is 9.69 Å². The SMILES string of the molecule is O=C1NCCC1C1=NOCC(CN2CCCCC2)O1. The molecule has 2 saturated heterocycles. The molecule has 0 saturated carbocycles. The summed E-state index contributed by atoms with van der Waals surface area (Å²) in [6.07, 6.45) is 4.60. The van der Waals surface area contributed by atoms with Gasteiger partial charge in [0, 0.05) is 13.1 Å². The molecule has 6 heteroatoms. The van der Waals surface area contributed by atoms with Crippen molar-refractivity contribution in [3.05, 3.63) is 0 Å². The molecule has 0 aromatic rings. The van der Waals surface area contributed by atoms with Crippen molar-refractivity contribution in [2.45, 2.75) is 31.8 Å². The molecule has 106 valence electrons. The summed E-state index contributed by atoms with van der Waals surface area (Å²) in [5.41, 5.74) is 0. The molecule has 3 aliphatic rings. The standard InChI is InChI=1S/C13H21N3O3/c17-12-11(4-5-14-12)13-15-18-9-10(19-13)8-16-6-2-1-3-7-16/h10-11H,1-9H2,(H,14,17). The third-order valence-electron chi connectivity index (χ3n) is 3.96. The molecule has 1 amide bonds. The lowest BCUT2D eigenvalue weighted by molar-refractivity contribution is -0.121. The van der Waals surface area contributed by atoms with Crippen molar-refractivity contribution in [2.75, 3.05) is 32.8 Å². The first-order valence-electron chi connectivity index (χ1n) is 7.19. The average Bonchev–Trinajstić information content (AvgIpc) is 2.86. The highest BCUT2D eigenvalue weighted by molar-refractivity contribution is 6.01. The van der Waals surface area contributed by atoms with Crippen molar-refractivity contribution in [2.24, 2.45) is 11.1 Å². The summed E-state index contributed by atoms with van der Waals surface area (Å²) >= 11 is 0. The smallest absolute Gasteiger partial charge is 0.238 e. The maximum absolute atomic E-state index is 11.6. The predicted octanol–water partition coefficient (Wildman–Crippen LogP) is 0.337. The lowest BCUT2D eigenvalue weighted by atomic mass is 10.1. The summed E-state index contributed by atoms with van der Waals surface area (Å²) in [6.45, 7) is 4.32. The summed E-state index contributed by atoms with van der Waals surface area (Å²) in [6, 6.07) is 0. The van der Waals surface area contributed by atoms with Gasteiger partial charge in [0.05, 0.1) is 0 Å².